The molecule has 0 aliphatic carbocycles. The third-order valence-corrected chi connectivity index (χ3v) is 3.45. The standard InChI is InChI=1S/C14H25NO4/c1-2-10-19-11-8-13(16)15-9-4-3-5-12(15)6-7-14(17)18/h12H,2-11H2,1H3,(H,17,18). The number of nitrogens with zero attached hydrogens (tertiary/aromatic N) is 1. The summed E-state index contributed by atoms with van der Waals surface area (Å²) < 4.78 is 5.34. The number of hydrogen-bond donors (Lipinski definition) is 1. The van der Waals surface area contributed by atoms with Gasteiger partial charge in [0.15, 0.2) is 0 Å². The van der Waals surface area contributed by atoms with Crippen LogP contribution in [0.3, 0.4) is 0 Å². The van der Waals surface area contributed by atoms with Crippen molar-refractivity contribution in [3.8, 4) is 0 Å². The Kier molecular flexibility index (Phi) is 7.48. The van der Waals surface area contributed by atoms with Crippen molar-refractivity contribution < 1.29 is 19.4 Å². The quantitative estimate of drug-likeness (QED) is 0.686. The van der Waals surface area contributed by atoms with Crippen LogP contribution in [-0.4, -0.2) is 47.7 Å². The number of hydrogen-bond acceptors (Lipinski definition) is 3. The van der Waals surface area contributed by atoms with Crippen molar-refractivity contribution in [2.24, 2.45) is 0 Å². The maximum Gasteiger partial charge on any atom is 0.303 e. The molecule has 1 N–H and O–H groups in total. The monoisotopic (exact) mass is 271 g/mol. The Balaban J connectivity index is 2.37. The van der Waals surface area contributed by atoms with Crippen molar-refractivity contribution in [2.45, 2.75) is 57.9 Å². The summed E-state index contributed by atoms with van der Waals surface area (Å²) in [6.07, 6.45) is 5.10. The maximum absolute atomic E-state index is 12.1. The first-order chi connectivity index (χ1) is 9.15. The predicted molar refractivity (Wildman–Crippen MR) is 71.9 cm³/mol. The summed E-state index contributed by atoms with van der Waals surface area (Å²) in [4.78, 5) is 24.6. The topological polar surface area (TPSA) is 66.8 Å². The predicted octanol–water partition coefficient (Wildman–Crippen LogP) is 2.05. The lowest BCUT2D eigenvalue weighted by molar-refractivity contribution is -0.140. The van der Waals surface area contributed by atoms with E-state index in [2.05, 4.69) is 0 Å². The molecule has 1 atom stereocenters. The van der Waals surface area contributed by atoms with E-state index in [1.54, 1.807) is 0 Å². The first-order valence-electron chi connectivity index (χ1n) is 7.24. The Morgan fingerprint density at radius 2 is 2.05 bits per heavy atom. The molecule has 1 fully saturated rings. The van der Waals surface area contributed by atoms with Gasteiger partial charge in [0.05, 0.1) is 13.0 Å². The molecule has 5 nitrogen and oxygen atoms in total. The smallest absolute Gasteiger partial charge is 0.303 e. The number of aliphatic carboxylic acids is 1. The molecule has 1 rings (SSSR count). The summed E-state index contributed by atoms with van der Waals surface area (Å²) in [6.45, 7) is 3.95. The van der Waals surface area contributed by atoms with Gasteiger partial charge in [0, 0.05) is 25.6 Å². The molecule has 0 radical (unpaired) electrons. The second kappa shape index (κ2) is 8.91. The van der Waals surface area contributed by atoms with Crippen molar-refractivity contribution in [2.75, 3.05) is 19.8 Å². The number of piperidine rings is 1. The zero-order valence-corrected chi connectivity index (χ0v) is 11.8. The summed E-state index contributed by atoms with van der Waals surface area (Å²) in [5.41, 5.74) is 0. The molecule has 1 unspecified atom stereocenters. The van der Waals surface area contributed by atoms with Gasteiger partial charge in [-0.2, -0.15) is 0 Å². The highest BCUT2D eigenvalue weighted by molar-refractivity contribution is 5.76. The molecule has 110 valence electrons. The lowest BCUT2D eigenvalue weighted by Gasteiger charge is -2.35. The number of amides is 1. The maximum atomic E-state index is 12.1. The van der Waals surface area contributed by atoms with Crippen molar-refractivity contribution in [3.63, 3.8) is 0 Å². The minimum Gasteiger partial charge on any atom is -0.481 e. The molecule has 1 heterocycles. The van der Waals surface area contributed by atoms with Gasteiger partial charge in [-0.25, -0.2) is 0 Å². The van der Waals surface area contributed by atoms with Crippen LogP contribution in [0.2, 0.25) is 0 Å². The molecule has 5 heteroatoms. The third kappa shape index (κ3) is 6.05. The molecular formula is C14H25NO4. The summed E-state index contributed by atoms with van der Waals surface area (Å²) in [7, 11) is 0. The van der Waals surface area contributed by atoms with Crippen LogP contribution in [0, 0.1) is 0 Å². The Labute approximate surface area is 114 Å². The molecule has 0 aromatic rings. The van der Waals surface area contributed by atoms with E-state index in [9.17, 15) is 9.59 Å². The molecule has 0 aromatic carbocycles. The van der Waals surface area contributed by atoms with Crippen molar-refractivity contribution in [1.29, 1.82) is 0 Å². The Hall–Kier alpha value is -1.10. The summed E-state index contributed by atoms with van der Waals surface area (Å²) in [5, 5.41) is 8.75. The van der Waals surface area contributed by atoms with Gasteiger partial charge in [0.25, 0.3) is 0 Å². The van der Waals surface area contributed by atoms with Crippen LogP contribution in [0.5, 0.6) is 0 Å². The zero-order valence-electron chi connectivity index (χ0n) is 11.8. The van der Waals surface area contributed by atoms with Crippen LogP contribution in [0.25, 0.3) is 0 Å². The Bertz CT molecular complexity index is 293. The largest absolute Gasteiger partial charge is 0.481 e. The molecular weight excluding hydrogens is 246 g/mol. The number of carboxylic acid groups (broad SMARTS) is 1. The highest BCUT2D eigenvalue weighted by atomic mass is 16.5. The van der Waals surface area contributed by atoms with Crippen LogP contribution >= 0.6 is 0 Å². The molecule has 1 saturated heterocycles. The third-order valence-electron chi connectivity index (χ3n) is 3.45. The fraction of sp³-hybridized carbons (Fsp3) is 0.857. The molecule has 19 heavy (non-hydrogen) atoms. The second-order valence-electron chi connectivity index (χ2n) is 5.03. The minimum atomic E-state index is -0.788. The second-order valence-corrected chi connectivity index (χ2v) is 5.03. The number of ether oxygens (including phenoxy) is 1. The van der Waals surface area contributed by atoms with Gasteiger partial charge in [0.2, 0.25) is 5.91 Å². The number of likely N-dealkylation sites (tertiary alicyclic amines) is 1. The van der Waals surface area contributed by atoms with Gasteiger partial charge < -0.3 is 14.7 Å². The average molecular weight is 271 g/mol. The highest BCUT2D eigenvalue weighted by Gasteiger charge is 2.26. The molecule has 0 aromatic heterocycles. The molecule has 1 amide bonds. The summed E-state index contributed by atoms with van der Waals surface area (Å²) in [5.74, 6) is -0.685. The normalized spacial score (nSPS) is 19.4. The van der Waals surface area contributed by atoms with E-state index in [0.29, 0.717) is 26.1 Å². The number of carbonyl (C=O) groups excluding carboxylic acids is 1. The van der Waals surface area contributed by atoms with E-state index in [-0.39, 0.29) is 18.4 Å². The number of rotatable bonds is 8. The van der Waals surface area contributed by atoms with Crippen molar-refractivity contribution >= 4 is 11.9 Å². The highest BCUT2D eigenvalue weighted by Crippen LogP contribution is 2.21. The van der Waals surface area contributed by atoms with E-state index < -0.39 is 5.97 Å². The first kappa shape index (κ1) is 16.0. The van der Waals surface area contributed by atoms with Gasteiger partial charge in [-0.1, -0.05) is 6.92 Å². The molecule has 1 aliphatic heterocycles. The SMILES string of the molecule is CCCOCCC(=O)N1CCCCC1CCC(=O)O. The molecule has 1 aliphatic rings. The number of carboxylic acids is 1. The van der Waals surface area contributed by atoms with Crippen LogP contribution in [0.4, 0.5) is 0 Å². The van der Waals surface area contributed by atoms with E-state index in [0.717, 1.165) is 32.2 Å². The minimum absolute atomic E-state index is 0.100. The Morgan fingerprint density at radius 3 is 2.74 bits per heavy atom. The first-order valence-corrected chi connectivity index (χ1v) is 7.24. The van der Waals surface area contributed by atoms with Crippen molar-refractivity contribution in [1.82, 2.24) is 4.90 Å². The van der Waals surface area contributed by atoms with Gasteiger partial charge in [-0.15, -0.1) is 0 Å². The number of carbonyl (C=O) groups is 2. The van der Waals surface area contributed by atoms with E-state index in [1.807, 2.05) is 11.8 Å². The van der Waals surface area contributed by atoms with E-state index >= 15 is 0 Å². The lowest BCUT2D eigenvalue weighted by atomic mass is 9.97. The van der Waals surface area contributed by atoms with Gasteiger partial charge in [-0.3, -0.25) is 9.59 Å². The molecule has 0 saturated carbocycles. The van der Waals surface area contributed by atoms with Crippen LogP contribution in [-0.2, 0) is 14.3 Å². The van der Waals surface area contributed by atoms with Crippen LogP contribution in [0.15, 0.2) is 0 Å². The summed E-state index contributed by atoms with van der Waals surface area (Å²) >= 11 is 0. The lowest BCUT2D eigenvalue weighted by Crippen LogP contribution is -2.44. The van der Waals surface area contributed by atoms with Crippen LogP contribution in [0.1, 0.15) is 51.9 Å². The zero-order chi connectivity index (χ0) is 14.1. The van der Waals surface area contributed by atoms with E-state index in [1.165, 1.54) is 0 Å². The Morgan fingerprint density at radius 1 is 1.26 bits per heavy atom. The fourth-order valence-corrected chi connectivity index (χ4v) is 2.47. The fourth-order valence-electron chi connectivity index (χ4n) is 2.47. The summed E-state index contributed by atoms with van der Waals surface area (Å²) in [6, 6.07) is 0.100. The van der Waals surface area contributed by atoms with Gasteiger partial charge in [0.1, 0.15) is 0 Å². The molecule has 0 spiro atoms. The van der Waals surface area contributed by atoms with Crippen molar-refractivity contribution in [3.05, 3.63) is 0 Å². The van der Waals surface area contributed by atoms with E-state index in [4.69, 9.17) is 9.84 Å². The van der Waals surface area contributed by atoms with Crippen LogP contribution < -0.4 is 0 Å². The molecule has 0 bridgehead atoms. The average Bonchev–Trinajstić information content (AvgIpc) is 2.41. The van der Waals surface area contributed by atoms with Gasteiger partial charge >= 0.3 is 5.97 Å². The van der Waals surface area contributed by atoms with Gasteiger partial charge in [-0.05, 0) is 32.1 Å².